The fourth-order valence-electron chi connectivity index (χ4n) is 8.07. The summed E-state index contributed by atoms with van der Waals surface area (Å²) in [4.78, 5) is 29.1. The van der Waals surface area contributed by atoms with Gasteiger partial charge in [-0.2, -0.15) is 5.10 Å². The van der Waals surface area contributed by atoms with Crippen molar-refractivity contribution in [1.29, 1.82) is 0 Å². The van der Waals surface area contributed by atoms with E-state index in [2.05, 4.69) is 55.7 Å². The van der Waals surface area contributed by atoms with E-state index in [1.807, 2.05) is 6.07 Å². The number of rotatable bonds is 10. The minimum Gasteiger partial charge on any atom is -0.488 e. The Balaban J connectivity index is 1.04. The molecule has 0 bridgehead atoms. The van der Waals surface area contributed by atoms with E-state index >= 15 is 0 Å². The molecule has 0 saturated carbocycles. The molecule has 3 aromatic heterocycles. The van der Waals surface area contributed by atoms with E-state index in [0.29, 0.717) is 29.0 Å². The third kappa shape index (κ3) is 7.63. The number of aromatic nitrogens is 4. The number of nitrogen functional groups attached to an aromatic ring is 1. The first-order valence-corrected chi connectivity index (χ1v) is 19.2. The molecule has 3 fully saturated rings. The number of nitrogens with zero attached hydrogens (tertiary/aromatic N) is 6. The zero-order chi connectivity index (χ0) is 38.2. The lowest BCUT2D eigenvalue weighted by molar-refractivity contribution is 0.0114. The maximum atomic E-state index is 14.2. The van der Waals surface area contributed by atoms with Crippen LogP contribution in [0.25, 0.3) is 16.6 Å². The zero-order valence-corrected chi connectivity index (χ0v) is 31.6. The number of ketones is 1. The number of H-pyrrole nitrogens is 1. The van der Waals surface area contributed by atoms with Gasteiger partial charge in [0.25, 0.3) is 0 Å². The number of morpholine rings is 1. The van der Waals surface area contributed by atoms with Gasteiger partial charge in [-0.15, -0.1) is 0 Å². The third-order valence-corrected chi connectivity index (χ3v) is 11.3. The molecule has 0 amide bonds. The van der Waals surface area contributed by atoms with Crippen LogP contribution in [0, 0.1) is 18.6 Å². The number of ether oxygens (including phenoxy) is 3. The quantitative estimate of drug-likeness (QED) is 0.153. The molecule has 2 aromatic carbocycles. The lowest BCUT2D eigenvalue weighted by Gasteiger charge is -2.41. The molecule has 0 radical (unpaired) electrons. The average molecular weight is 755 g/mol. The van der Waals surface area contributed by atoms with Crippen molar-refractivity contribution in [2.24, 2.45) is 0 Å². The predicted octanol–water partition coefficient (Wildman–Crippen LogP) is 6.49. The number of nitrogens with two attached hydrogens (primary N) is 1. The van der Waals surface area contributed by atoms with Crippen molar-refractivity contribution in [2.75, 3.05) is 63.1 Å². The number of hydrogen-bond donors (Lipinski definition) is 2. The molecular formula is C41H48F2N8O4. The highest BCUT2D eigenvalue weighted by atomic mass is 19.1. The SMILES string of the molecule is Cc1cc(Oc2c(F)cccc2F)ncc1-n1ncc(C(=O)c2cc3cc(OC4CCN(C(C)C)CC4)c(N4CCC(N5CCOCC5)CC4)cc3[nH]2)c1N. The predicted molar refractivity (Wildman–Crippen MR) is 207 cm³/mol. The summed E-state index contributed by atoms with van der Waals surface area (Å²) in [7, 11) is 0. The Bertz CT molecular complexity index is 2140. The number of nitrogens with one attached hydrogen (secondary N) is 1. The van der Waals surface area contributed by atoms with E-state index in [-0.39, 0.29) is 29.1 Å². The van der Waals surface area contributed by atoms with Crippen LogP contribution in [0.2, 0.25) is 0 Å². The zero-order valence-electron chi connectivity index (χ0n) is 31.6. The van der Waals surface area contributed by atoms with Crippen LogP contribution in [-0.4, -0.2) is 106 Å². The number of halogens is 2. The van der Waals surface area contributed by atoms with E-state index in [4.69, 9.17) is 19.9 Å². The Morgan fingerprint density at radius 2 is 1.67 bits per heavy atom. The molecule has 3 aliphatic rings. The fourth-order valence-corrected chi connectivity index (χ4v) is 8.07. The summed E-state index contributed by atoms with van der Waals surface area (Å²) in [6.07, 6.45) is 7.04. The van der Waals surface area contributed by atoms with E-state index in [1.54, 1.807) is 6.92 Å². The van der Waals surface area contributed by atoms with Crippen molar-refractivity contribution in [3.63, 3.8) is 0 Å². The van der Waals surface area contributed by atoms with Gasteiger partial charge in [-0.3, -0.25) is 9.69 Å². The summed E-state index contributed by atoms with van der Waals surface area (Å²) >= 11 is 0. The molecule has 5 aromatic rings. The Morgan fingerprint density at radius 3 is 2.36 bits per heavy atom. The minimum atomic E-state index is -0.841. The number of para-hydroxylation sites is 1. The van der Waals surface area contributed by atoms with Crippen LogP contribution in [0.15, 0.2) is 54.9 Å². The number of anilines is 2. The molecular weight excluding hydrogens is 706 g/mol. The van der Waals surface area contributed by atoms with Crippen LogP contribution in [-0.2, 0) is 4.74 Å². The molecule has 3 aliphatic heterocycles. The second-order valence-electron chi connectivity index (χ2n) is 15.0. The molecule has 3 saturated heterocycles. The number of carbonyl (C=O) groups is 1. The first-order chi connectivity index (χ1) is 26.6. The topological polar surface area (TPSA) is 127 Å². The van der Waals surface area contributed by atoms with Crippen molar-refractivity contribution >= 4 is 28.2 Å². The molecule has 0 spiro atoms. The molecule has 12 nitrogen and oxygen atoms in total. The number of piperidine rings is 2. The Morgan fingerprint density at radius 1 is 0.945 bits per heavy atom. The van der Waals surface area contributed by atoms with Crippen molar-refractivity contribution in [1.82, 2.24) is 29.5 Å². The fraction of sp³-hybridized carbons (Fsp3) is 0.439. The summed E-state index contributed by atoms with van der Waals surface area (Å²) in [6, 6.07) is 12.1. The van der Waals surface area contributed by atoms with Crippen molar-refractivity contribution in [3.05, 3.63) is 83.3 Å². The first-order valence-electron chi connectivity index (χ1n) is 19.2. The van der Waals surface area contributed by atoms with Crippen LogP contribution in [0.5, 0.6) is 17.4 Å². The molecule has 290 valence electrons. The Labute approximate surface area is 319 Å². The first kappa shape index (κ1) is 36.9. The van der Waals surface area contributed by atoms with Gasteiger partial charge in [-0.05, 0) is 82.3 Å². The normalized spacial score (nSPS) is 18.0. The number of fused-ring (bicyclic) bond motifs is 1. The third-order valence-electron chi connectivity index (χ3n) is 11.3. The van der Waals surface area contributed by atoms with E-state index in [0.717, 1.165) is 113 Å². The molecule has 55 heavy (non-hydrogen) atoms. The summed E-state index contributed by atoms with van der Waals surface area (Å²) in [6.45, 7) is 13.6. The number of benzene rings is 2. The average Bonchev–Trinajstić information content (AvgIpc) is 3.79. The lowest BCUT2D eigenvalue weighted by atomic mass is 10.0. The highest BCUT2D eigenvalue weighted by Gasteiger charge is 2.30. The standard InChI is InChI=1S/C41H48F2N8O4/c1-25(2)48-13-9-29(10-14-48)54-37-21-27-20-34(47-33(27)22-35(37)50-11-7-28(8-12-50)49-15-17-53-18-16-49)39(52)30-23-46-51(41(30)44)36-24-45-38(19-26(36)3)55-40-31(42)5-4-6-32(40)43/h4-6,19-25,28-29,47H,7-18,44H2,1-3H3. The van der Waals surface area contributed by atoms with Crippen LogP contribution < -0.4 is 20.1 Å². The van der Waals surface area contributed by atoms with Crippen molar-refractivity contribution in [2.45, 2.75) is 64.6 Å². The van der Waals surface area contributed by atoms with E-state index in [9.17, 15) is 13.6 Å². The number of likely N-dealkylation sites (tertiary alicyclic amines) is 1. The van der Waals surface area contributed by atoms with Crippen molar-refractivity contribution in [3.8, 4) is 23.1 Å². The number of pyridine rings is 1. The monoisotopic (exact) mass is 754 g/mol. The van der Waals surface area contributed by atoms with E-state index < -0.39 is 17.4 Å². The Kier molecular flexibility index (Phi) is 10.5. The molecule has 0 atom stereocenters. The summed E-state index contributed by atoms with van der Waals surface area (Å²) in [5.74, 6) is -1.56. The number of hydrogen-bond acceptors (Lipinski definition) is 10. The van der Waals surface area contributed by atoms with Crippen LogP contribution in [0.1, 0.15) is 61.1 Å². The molecule has 6 heterocycles. The van der Waals surface area contributed by atoms with Gasteiger partial charge in [-0.25, -0.2) is 18.4 Å². The minimum absolute atomic E-state index is 0.00411. The van der Waals surface area contributed by atoms with Gasteiger partial charge in [0.2, 0.25) is 17.4 Å². The largest absolute Gasteiger partial charge is 0.488 e. The van der Waals surface area contributed by atoms with Gasteiger partial charge in [0.15, 0.2) is 11.6 Å². The van der Waals surface area contributed by atoms with Gasteiger partial charge >= 0.3 is 0 Å². The lowest BCUT2D eigenvalue weighted by Crippen LogP contribution is -2.49. The highest BCUT2D eigenvalue weighted by Crippen LogP contribution is 2.38. The second kappa shape index (κ2) is 15.6. The number of aromatic amines is 1. The van der Waals surface area contributed by atoms with Crippen LogP contribution >= 0.6 is 0 Å². The summed E-state index contributed by atoms with van der Waals surface area (Å²) in [5, 5.41) is 5.29. The number of carbonyl (C=O) groups excluding carboxylic acids is 1. The second-order valence-corrected chi connectivity index (χ2v) is 15.0. The molecule has 0 unspecified atom stereocenters. The van der Waals surface area contributed by atoms with Gasteiger partial charge < -0.3 is 34.7 Å². The smallest absolute Gasteiger partial charge is 0.219 e. The number of aryl methyl sites for hydroxylation is 1. The maximum absolute atomic E-state index is 14.2. The molecule has 3 N–H and O–H groups in total. The maximum Gasteiger partial charge on any atom is 0.219 e. The molecule has 8 rings (SSSR count). The van der Waals surface area contributed by atoms with Gasteiger partial charge in [0.05, 0.1) is 48.2 Å². The van der Waals surface area contributed by atoms with E-state index in [1.165, 1.54) is 29.2 Å². The van der Waals surface area contributed by atoms with Crippen LogP contribution in [0.4, 0.5) is 20.3 Å². The van der Waals surface area contributed by atoms with Gasteiger partial charge in [0, 0.05) is 68.3 Å². The van der Waals surface area contributed by atoms with Gasteiger partial charge in [-0.1, -0.05) is 6.07 Å². The van der Waals surface area contributed by atoms with Crippen LogP contribution in [0.3, 0.4) is 0 Å². The molecule has 0 aliphatic carbocycles. The Hall–Kier alpha value is -5.05. The van der Waals surface area contributed by atoms with Crippen molar-refractivity contribution < 1.29 is 27.8 Å². The summed E-state index contributed by atoms with van der Waals surface area (Å²) in [5.41, 5.74) is 10.1. The summed E-state index contributed by atoms with van der Waals surface area (Å²) < 4.78 is 47.6. The highest BCUT2D eigenvalue weighted by molar-refractivity contribution is 6.12. The van der Waals surface area contributed by atoms with Gasteiger partial charge in [0.1, 0.15) is 17.7 Å². The molecule has 14 heteroatoms.